The van der Waals surface area contributed by atoms with Crippen molar-refractivity contribution in [2.24, 2.45) is 5.92 Å². The normalized spacial score (nSPS) is 23.5. The zero-order valence-corrected chi connectivity index (χ0v) is 11.7. The van der Waals surface area contributed by atoms with E-state index in [1.807, 2.05) is 6.92 Å². The average molecular weight is 283 g/mol. The second-order valence-corrected chi connectivity index (χ2v) is 5.35. The molecule has 20 heavy (non-hydrogen) atoms. The molecule has 1 aliphatic heterocycles. The lowest BCUT2D eigenvalue weighted by Crippen LogP contribution is -2.49. The summed E-state index contributed by atoms with van der Waals surface area (Å²) in [5, 5.41) is 19.6. The number of aliphatic hydroxyl groups excluding tert-OH is 2. The first-order valence-electron chi connectivity index (χ1n) is 6.98. The van der Waals surface area contributed by atoms with E-state index in [9.17, 15) is 14.6 Å². The summed E-state index contributed by atoms with van der Waals surface area (Å²) in [7, 11) is 0. The Balaban J connectivity index is 2.00. The number of ether oxygens (including phenoxy) is 1. The van der Waals surface area contributed by atoms with Crippen LogP contribution in [0.5, 0.6) is 0 Å². The molecule has 1 fully saturated rings. The standard InChI is InChI=1S/C15H22FNO3/c1-11(8-17-6-7-20-10-12(17)9-18)15(19)13-4-2-3-5-14(13)16/h2-5,11-12,15,18-19H,6-10H2,1H3. The largest absolute Gasteiger partial charge is 0.395 e. The monoisotopic (exact) mass is 283 g/mol. The molecule has 5 heteroatoms. The Hall–Kier alpha value is -1.01. The summed E-state index contributed by atoms with van der Waals surface area (Å²) in [4.78, 5) is 2.10. The summed E-state index contributed by atoms with van der Waals surface area (Å²) in [5.41, 5.74) is 0.328. The number of aliphatic hydroxyl groups is 2. The molecule has 1 aliphatic rings. The first-order chi connectivity index (χ1) is 9.63. The van der Waals surface area contributed by atoms with Gasteiger partial charge in [-0.2, -0.15) is 0 Å². The van der Waals surface area contributed by atoms with Gasteiger partial charge in [-0.1, -0.05) is 25.1 Å². The maximum absolute atomic E-state index is 13.7. The Bertz CT molecular complexity index is 429. The number of halogens is 1. The van der Waals surface area contributed by atoms with Crippen LogP contribution in [-0.2, 0) is 4.74 Å². The van der Waals surface area contributed by atoms with Crippen LogP contribution in [0.2, 0.25) is 0 Å². The Morgan fingerprint density at radius 3 is 2.90 bits per heavy atom. The van der Waals surface area contributed by atoms with Gasteiger partial charge in [0.15, 0.2) is 0 Å². The maximum Gasteiger partial charge on any atom is 0.129 e. The molecule has 1 aromatic rings. The van der Waals surface area contributed by atoms with Crippen LogP contribution in [0.25, 0.3) is 0 Å². The van der Waals surface area contributed by atoms with E-state index in [1.165, 1.54) is 6.07 Å². The summed E-state index contributed by atoms with van der Waals surface area (Å²) >= 11 is 0. The van der Waals surface area contributed by atoms with Gasteiger partial charge in [0.25, 0.3) is 0 Å². The number of nitrogens with zero attached hydrogens (tertiary/aromatic N) is 1. The van der Waals surface area contributed by atoms with Gasteiger partial charge in [0.2, 0.25) is 0 Å². The molecule has 3 unspecified atom stereocenters. The van der Waals surface area contributed by atoms with Gasteiger partial charge in [0, 0.05) is 18.7 Å². The Morgan fingerprint density at radius 2 is 2.20 bits per heavy atom. The van der Waals surface area contributed by atoms with Crippen molar-refractivity contribution in [3.8, 4) is 0 Å². The molecular formula is C15H22FNO3. The van der Waals surface area contributed by atoms with Gasteiger partial charge in [0.05, 0.1) is 32.0 Å². The van der Waals surface area contributed by atoms with Crippen LogP contribution in [-0.4, -0.2) is 54.1 Å². The summed E-state index contributed by atoms with van der Waals surface area (Å²) in [5.74, 6) is -0.508. The molecule has 0 amide bonds. The van der Waals surface area contributed by atoms with Gasteiger partial charge in [-0.15, -0.1) is 0 Å². The smallest absolute Gasteiger partial charge is 0.129 e. The lowest BCUT2D eigenvalue weighted by atomic mass is 9.96. The highest BCUT2D eigenvalue weighted by atomic mass is 19.1. The van der Waals surface area contributed by atoms with Crippen molar-refractivity contribution in [1.29, 1.82) is 0 Å². The highest BCUT2D eigenvalue weighted by Gasteiger charge is 2.27. The molecule has 0 spiro atoms. The Morgan fingerprint density at radius 1 is 1.45 bits per heavy atom. The highest BCUT2D eigenvalue weighted by Crippen LogP contribution is 2.25. The third-order valence-electron chi connectivity index (χ3n) is 3.85. The van der Waals surface area contributed by atoms with Crippen LogP contribution >= 0.6 is 0 Å². The second-order valence-electron chi connectivity index (χ2n) is 5.35. The fourth-order valence-corrected chi connectivity index (χ4v) is 2.59. The van der Waals surface area contributed by atoms with Crippen LogP contribution in [0.15, 0.2) is 24.3 Å². The summed E-state index contributed by atoms with van der Waals surface area (Å²) in [6, 6.07) is 6.26. The quantitative estimate of drug-likeness (QED) is 0.852. The molecule has 1 aromatic carbocycles. The fraction of sp³-hybridized carbons (Fsp3) is 0.600. The zero-order chi connectivity index (χ0) is 14.5. The molecule has 0 saturated carbocycles. The van der Waals surface area contributed by atoms with E-state index in [0.717, 1.165) is 6.54 Å². The number of morpholine rings is 1. The number of rotatable bonds is 5. The zero-order valence-electron chi connectivity index (χ0n) is 11.7. The Kier molecular flexibility index (Phi) is 5.48. The van der Waals surface area contributed by atoms with Gasteiger partial charge in [0.1, 0.15) is 5.82 Å². The minimum absolute atomic E-state index is 0.0303. The highest BCUT2D eigenvalue weighted by molar-refractivity contribution is 5.20. The van der Waals surface area contributed by atoms with Crippen molar-refractivity contribution in [2.45, 2.75) is 19.1 Å². The molecule has 4 nitrogen and oxygen atoms in total. The molecule has 112 valence electrons. The molecular weight excluding hydrogens is 261 g/mol. The van der Waals surface area contributed by atoms with Crippen molar-refractivity contribution in [3.63, 3.8) is 0 Å². The van der Waals surface area contributed by atoms with Gasteiger partial charge in [-0.25, -0.2) is 4.39 Å². The predicted molar refractivity (Wildman–Crippen MR) is 73.8 cm³/mol. The number of benzene rings is 1. The van der Waals surface area contributed by atoms with E-state index < -0.39 is 6.10 Å². The topological polar surface area (TPSA) is 52.9 Å². The van der Waals surface area contributed by atoms with Gasteiger partial charge in [-0.05, 0) is 12.0 Å². The maximum atomic E-state index is 13.7. The third-order valence-corrected chi connectivity index (χ3v) is 3.85. The lowest BCUT2D eigenvalue weighted by Gasteiger charge is -2.37. The van der Waals surface area contributed by atoms with Gasteiger partial charge in [-0.3, -0.25) is 4.90 Å². The second kappa shape index (κ2) is 7.13. The van der Waals surface area contributed by atoms with E-state index in [-0.39, 0.29) is 24.4 Å². The molecule has 3 atom stereocenters. The van der Waals surface area contributed by atoms with Gasteiger partial charge >= 0.3 is 0 Å². The van der Waals surface area contributed by atoms with Crippen LogP contribution in [0.1, 0.15) is 18.6 Å². The van der Waals surface area contributed by atoms with E-state index in [2.05, 4.69) is 4.90 Å². The number of hydrogen-bond donors (Lipinski definition) is 2. The average Bonchev–Trinajstić information content (AvgIpc) is 2.47. The summed E-state index contributed by atoms with van der Waals surface area (Å²) in [6.45, 7) is 4.37. The van der Waals surface area contributed by atoms with Crippen molar-refractivity contribution < 1.29 is 19.3 Å². The summed E-state index contributed by atoms with van der Waals surface area (Å²) < 4.78 is 19.0. The minimum Gasteiger partial charge on any atom is -0.395 e. The van der Waals surface area contributed by atoms with E-state index in [4.69, 9.17) is 4.74 Å². The SMILES string of the molecule is CC(CN1CCOCC1CO)C(O)c1ccccc1F. The lowest BCUT2D eigenvalue weighted by molar-refractivity contribution is -0.0419. The number of hydrogen-bond acceptors (Lipinski definition) is 4. The van der Waals surface area contributed by atoms with Crippen molar-refractivity contribution >= 4 is 0 Å². The molecule has 2 N–H and O–H groups in total. The van der Waals surface area contributed by atoms with Crippen molar-refractivity contribution in [2.75, 3.05) is 32.9 Å². The van der Waals surface area contributed by atoms with Gasteiger partial charge < -0.3 is 14.9 Å². The Labute approximate surface area is 118 Å². The van der Waals surface area contributed by atoms with Crippen molar-refractivity contribution in [3.05, 3.63) is 35.6 Å². The molecule has 1 saturated heterocycles. The minimum atomic E-state index is -0.849. The van der Waals surface area contributed by atoms with Crippen molar-refractivity contribution in [1.82, 2.24) is 4.90 Å². The van der Waals surface area contributed by atoms with E-state index >= 15 is 0 Å². The van der Waals surface area contributed by atoms with Crippen LogP contribution < -0.4 is 0 Å². The third kappa shape index (κ3) is 3.55. The molecule has 0 radical (unpaired) electrons. The van der Waals surface area contributed by atoms with Crippen LogP contribution in [0, 0.1) is 11.7 Å². The fourth-order valence-electron chi connectivity index (χ4n) is 2.59. The molecule has 1 heterocycles. The van der Waals surface area contributed by atoms with E-state index in [0.29, 0.717) is 25.3 Å². The van der Waals surface area contributed by atoms with Crippen LogP contribution in [0.4, 0.5) is 4.39 Å². The molecule has 0 aliphatic carbocycles. The first kappa shape index (κ1) is 15.4. The molecule has 0 bridgehead atoms. The molecule has 2 rings (SSSR count). The molecule has 0 aromatic heterocycles. The first-order valence-corrected chi connectivity index (χ1v) is 6.98. The van der Waals surface area contributed by atoms with Crippen LogP contribution in [0.3, 0.4) is 0 Å². The summed E-state index contributed by atoms with van der Waals surface area (Å²) in [6.07, 6.45) is -0.849. The predicted octanol–water partition coefficient (Wildman–Crippen LogP) is 1.19. The van der Waals surface area contributed by atoms with E-state index in [1.54, 1.807) is 18.2 Å².